The summed E-state index contributed by atoms with van der Waals surface area (Å²) in [6, 6.07) is 11.1. The van der Waals surface area contributed by atoms with Gasteiger partial charge in [-0.15, -0.1) is 0 Å². The van der Waals surface area contributed by atoms with Crippen LogP contribution in [0.15, 0.2) is 47.4 Å². The summed E-state index contributed by atoms with van der Waals surface area (Å²) < 4.78 is 36.1. The summed E-state index contributed by atoms with van der Waals surface area (Å²) in [6.45, 7) is 1.08. The molecule has 0 aliphatic rings. The molecule has 0 aliphatic carbocycles. The quantitative estimate of drug-likeness (QED) is 0.865. The number of likely N-dealkylation sites (N-methyl/N-ethyl adjacent to an activating group) is 1. The van der Waals surface area contributed by atoms with Gasteiger partial charge in [-0.1, -0.05) is 29.8 Å². The Morgan fingerprint density at radius 1 is 1.17 bits per heavy atom. The number of sulfonamides is 1. The topological polar surface area (TPSA) is 63.4 Å². The summed E-state index contributed by atoms with van der Waals surface area (Å²) in [5.74, 6) is -0.318. The van der Waals surface area contributed by atoms with Crippen molar-refractivity contribution in [3.63, 3.8) is 0 Å². The zero-order chi connectivity index (χ0) is 17.0. The van der Waals surface area contributed by atoms with Gasteiger partial charge in [0.1, 0.15) is 5.82 Å². The fraction of sp³-hybridized carbons (Fsp3) is 0.250. The van der Waals surface area contributed by atoms with E-state index in [1.165, 1.54) is 18.2 Å². The van der Waals surface area contributed by atoms with Crippen LogP contribution in [0.4, 0.5) is 4.39 Å². The van der Waals surface area contributed by atoms with E-state index in [1.807, 2.05) is 11.9 Å². The van der Waals surface area contributed by atoms with Crippen LogP contribution < -0.4 is 5.14 Å². The van der Waals surface area contributed by atoms with Gasteiger partial charge >= 0.3 is 0 Å². The van der Waals surface area contributed by atoms with Crippen molar-refractivity contribution in [2.24, 2.45) is 5.14 Å². The first-order valence-corrected chi connectivity index (χ1v) is 8.93. The van der Waals surface area contributed by atoms with Gasteiger partial charge in [-0.3, -0.25) is 0 Å². The highest BCUT2D eigenvalue weighted by atomic mass is 35.5. The van der Waals surface area contributed by atoms with Gasteiger partial charge < -0.3 is 4.90 Å². The molecule has 0 heterocycles. The van der Waals surface area contributed by atoms with E-state index >= 15 is 0 Å². The van der Waals surface area contributed by atoms with Gasteiger partial charge in [-0.2, -0.15) is 0 Å². The normalized spacial score (nSPS) is 11.9. The van der Waals surface area contributed by atoms with Crippen molar-refractivity contribution in [3.05, 3.63) is 64.4 Å². The monoisotopic (exact) mass is 356 g/mol. The summed E-state index contributed by atoms with van der Waals surface area (Å²) in [7, 11) is -1.79. The minimum Gasteiger partial charge on any atom is -0.302 e. The van der Waals surface area contributed by atoms with E-state index in [-0.39, 0.29) is 10.7 Å². The third-order valence-electron chi connectivity index (χ3n) is 3.52. The molecule has 2 rings (SSSR count). The second-order valence-electron chi connectivity index (χ2n) is 5.38. The second kappa shape index (κ2) is 7.40. The van der Waals surface area contributed by atoms with Crippen molar-refractivity contribution >= 4 is 21.6 Å². The third-order valence-corrected chi connectivity index (χ3v) is 4.81. The fourth-order valence-electron chi connectivity index (χ4n) is 2.20. The Bertz CT molecular complexity index is 759. The van der Waals surface area contributed by atoms with Crippen LogP contribution in [-0.2, 0) is 23.0 Å². The van der Waals surface area contributed by atoms with E-state index in [1.54, 1.807) is 24.3 Å². The molecule has 0 saturated heterocycles. The van der Waals surface area contributed by atoms with Crippen LogP contribution in [0.5, 0.6) is 0 Å². The van der Waals surface area contributed by atoms with E-state index in [9.17, 15) is 12.8 Å². The van der Waals surface area contributed by atoms with Crippen LogP contribution in [0.3, 0.4) is 0 Å². The lowest BCUT2D eigenvalue weighted by atomic mass is 10.1. The number of halogens is 2. The number of hydrogen-bond acceptors (Lipinski definition) is 3. The fourth-order valence-corrected chi connectivity index (χ4v) is 2.94. The van der Waals surface area contributed by atoms with E-state index < -0.39 is 10.0 Å². The molecule has 23 heavy (non-hydrogen) atoms. The Hall–Kier alpha value is -1.47. The summed E-state index contributed by atoms with van der Waals surface area (Å²) in [6.07, 6.45) is 0.702. The molecule has 0 aliphatic heterocycles. The third kappa shape index (κ3) is 5.00. The van der Waals surface area contributed by atoms with Gasteiger partial charge in [0.05, 0.1) is 4.90 Å². The van der Waals surface area contributed by atoms with Crippen LogP contribution >= 0.6 is 11.6 Å². The number of benzene rings is 2. The number of rotatable bonds is 6. The van der Waals surface area contributed by atoms with Gasteiger partial charge in [0.15, 0.2) is 0 Å². The predicted octanol–water partition coefficient (Wildman–Crippen LogP) is 2.80. The molecule has 0 atom stereocenters. The van der Waals surface area contributed by atoms with E-state index in [2.05, 4.69) is 0 Å². The molecular formula is C16H18ClFN2O2S. The molecule has 124 valence electrons. The van der Waals surface area contributed by atoms with Gasteiger partial charge in [-0.05, 0) is 43.3 Å². The first-order chi connectivity index (χ1) is 10.8. The Balaban J connectivity index is 1.95. The van der Waals surface area contributed by atoms with Crippen LogP contribution in [0.1, 0.15) is 11.1 Å². The molecule has 2 aromatic rings. The van der Waals surface area contributed by atoms with Crippen LogP contribution in [0.2, 0.25) is 5.02 Å². The number of nitrogens with two attached hydrogens (primary N) is 1. The van der Waals surface area contributed by atoms with Crippen molar-refractivity contribution in [3.8, 4) is 0 Å². The van der Waals surface area contributed by atoms with Crippen LogP contribution in [0.25, 0.3) is 0 Å². The largest absolute Gasteiger partial charge is 0.302 e. The van der Waals surface area contributed by atoms with Gasteiger partial charge in [0, 0.05) is 23.7 Å². The molecule has 0 aromatic heterocycles. The molecule has 0 fully saturated rings. The molecule has 2 N–H and O–H groups in total. The SMILES string of the molecule is CN(CCc1ccc(S(N)(=O)=O)cc1)Cc1c(F)cccc1Cl. The molecule has 0 spiro atoms. The van der Waals surface area contributed by atoms with Crippen LogP contribution in [-0.4, -0.2) is 26.9 Å². The molecule has 4 nitrogen and oxygen atoms in total. The van der Waals surface area contributed by atoms with Crippen LogP contribution in [0, 0.1) is 5.82 Å². The highest BCUT2D eigenvalue weighted by Gasteiger charge is 2.10. The lowest BCUT2D eigenvalue weighted by Crippen LogP contribution is -2.21. The highest BCUT2D eigenvalue weighted by molar-refractivity contribution is 7.89. The van der Waals surface area contributed by atoms with Gasteiger partial charge in [0.2, 0.25) is 10.0 Å². The minimum atomic E-state index is -3.67. The van der Waals surface area contributed by atoms with Crippen molar-refractivity contribution in [1.82, 2.24) is 4.90 Å². The molecule has 0 bridgehead atoms. The summed E-state index contributed by atoms with van der Waals surface area (Å²) in [4.78, 5) is 2.05. The molecular weight excluding hydrogens is 339 g/mol. The molecule has 0 unspecified atom stereocenters. The predicted molar refractivity (Wildman–Crippen MR) is 89.3 cm³/mol. The molecule has 0 radical (unpaired) electrons. The standard InChI is InChI=1S/C16H18ClFN2O2S/c1-20(11-14-15(17)3-2-4-16(14)18)10-9-12-5-7-13(8-6-12)23(19,21)22/h2-8H,9-11H2,1H3,(H2,19,21,22). The smallest absolute Gasteiger partial charge is 0.238 e. The van der Waals surface area contributed by atoms with Crippen molar-refractivity contribution < 1.29 is 12.8 Å². The average Bonchev–Trinajstić information content (AvgIpc) is 2.48. The molecule has 2 aromatic carbocycles. The maximum atomic E-state index is 13.8. The van der Waals surface area contributed by atoms with Gasteiger partial charge in [0.25, 0.3) is 0 Å². The van der Waals surface area contributed by atoms with E-state index in [0.717, 1.165) is 5.56 Å². The van der Waals surface area contributed by atoms with Gasteiger partial charge in [-0.25, -0.2) is 17.9 Å². The maximum absolute atomic E-state index is 13.8. The summed E-state index contributed by atoms with van der Waals surface area (Å²) in [5.41, 5.74) is 1.45. The zero-order valence-electron chi connectivity index (χ0n) is 12.7. The first-order valence-electron chi connectivity index (χ1n) is 7.00. The lowest BCUT2D eigenvalue weighted by Gasteiger charge is -2.18. The first kappa shape index (κ1) is 17.9. The average molecular weight is 357 g/mol. The van der Waals surface area contributed by atoms with Crippen molar-refractivity contribution in [2.75, 3.05) is 13.6 Å². The number of primary sulfonamides is 1. The Morgan fingerprint density at radius 3 is 2.39 bits per heavy atom. The summed E-state index contributed by atoms with van der Waals surface area (Å²) in [5, 5.41) is 5.47. The summed E-state index contributed by atoms with van der Waals surface area (Å²) >= 11 is 6.02. The maximum Gasteiger partial charge on any atom is 0.238 e. The Labute approximate surface area is 140 Å². The molecule has 0 saturated carbocycles. The molecule has 0 amide bonds. The van der Waals surface area contributed by atoms with E-state index in [0.29, 0.717) is 30.1 Å². The van der Waals surface area contributed by atoms with E-state index in [4.69, 9.17) is 16.7 Å². The van der Waals surface area contributed by atoms with Crippen molar-refractivity contribution in [1.29, 1.82) is 0 Å². The second-order valence-corrected chi connectivity index (χ2v) is 7.35. The molecule has 7 heteroatoms. The minimum absolute atomic E-state index is 0.0905. The Morgan fingerprint density at radius 2 is 1.83 bits per heavy atom. The number of nitrogens with zero attached hydrogens (tertiary/aromatic N) is 1. The van der Waals surface area contributed by atoms with Crippen molar-refractivity contribution in [2.45, 2.75) is 17.9 Å². The zero-order valence-corrected chi connectivity index (χ0v) is 14.2. The highest BCUT2D eigenvalue weighted by Crippen LogP contribution is 2.20. The lowest BCUT2D eigenvalue weighted by molar-refractivity contribution is 0.325. The Kier molecular flexibility index (Phi) is 5.75. The number of hydrogen-bond donors (Lipinski definition) is 1.